The van der Waals surface area contributed by atoms with Crippen LogP contribution >= 0.6 is 0 Å². The van der Waals surface area contributed by atoms with E-state index in [2.05, 4.69) is 29.4 Å². The number of rotatable bonds is 1. The predicted molar refractivity (Wildman–Crippen MR) is 50.3 cm³/mol. The molecular formula is C9H19N3. The highest BCUT2D eigenvalue weighted by Gasteiger charge is 2.32. The van der Waals surface area contributed by atoms with Crippen molar-refractivity contribution in [3.63, 3.8) is 0 Å². The van der Waals surface area contributed by atoms with Gasteiger partial charge >= 0.3 is 0 Å². The van der Waals surface area contributed by atoms with Crippen molar-refractivity contribution in [2.75, 3.05) is 26.2 Å². The normalized spacial score (nSPS) is 39.5. The van der Waals surface area contributed by atoms with Gasteiger partial charge in [0.1, 0.15) is 0 Å². The van der Waals surface area contributed by atoms with Crippen molar-refractivity contribution in [2.45, 2.75) is 32.0 Å². The van der Waals surface area contributed by atoms with E-state index in [-0.39, 0.29) is 0 Å². The molecule has 2 unspecified atom stereocenters. The van der Waals surface area contributed by atoms with Crippen LogP contribution in [0.2, 0.25) is 0 Å². The molecule has 0 aliphatic carbocycles. The Balaban J connectivity index is 1.93. The molecule has 2 atom stereocenters. The smallest absolute Gasteiger partial charge is 0.0349 e. The lowest BCUT2D eigenvalue weighted by Gasteiger charge is -2.46. The quantitative estimate of drug-likeness (QED) is 0.561. The van der Waals surface area contributed by atoms with Crippen LogP contribution in [-0.2, 0) is 0 Å². The topological polar surface area (TPSA) is 27.3 Å². The fourth-order valence-corrected chi connectivity index (χ4v) is 2.11. The van der Waals surface area contributed by atoms with E-state index >= 15 is 0 Å². The molecular weight excluding hydrogens is 150 g/mol. The Morgan fingerprint density at radius 3 is 2.58 bits per heavy atom. The van der Waals surface area contributed by atoms with Crippen molar-refractivity contribution in [1.82, 2.24) is 15.5 Å². The van der Waals surface area contributed by atoms with E-state index in [9.17, 15) is 0 Å². The molecule has 12 heavy (non-hydrogen) atoms. The van der Waals surface area contributed by atoms with Crippen LogP contribution < -0.4 is 10.6 Å². The summed E-state index contributed by atoms with van der Waals surface area (Å²) in [5, 5.41) is 6.83. The summed E-state index contributed by atoms with van der Waals surface area (Å²) in [5.41, 5.74) is 0. The fourth-order valence-electron chi connectivity index (χ4n) is 2.11. The molecule has 2 N–H and O–H groups in total. The Morgan fingerprint density at radius 1 is 1.25 bits per heavy atom. The van der Waals surface area contributed by atoms with Crippen molar-refractivity contribution in [1.29, 1.82) is 0 Å². The van der Waals surface area contributed by atoms with Crippen LogP contribution in [0, 0.1) is 0 Å². The third kappa shape index (κ3) is 1.37. The minimum absolute atomic E-state index is 0.652. The largest absolute Gasteiger partial charge is 0.314 e. The van der Waals surface area contributed by atoms with Crippen molar-refractivity contribution >= 4 is 0 Å². The van der Waals surface area contributed by atoms with Gasteiger partial charge in [-0.15, -0.1) is 0 Å². The molecule has 0 amide bonds. The summed E-state index contributed by atoms with van der Waals surface area (Å²) in [5.74, 6) is 0. The zero-order chi connectivity index (χ0) is 8.55. The monoisotopic (exact) mass is 169 g/mol. The minimum atomic E-state index is 0.652. The standard InChI is InChI=1S/C9H19N3/c1-7-8(2)12(4-3-11-7)9-5-10-6-9/h7-11H,3-6H2,1-2H3. The Labute approximate surface area is 74.5 Å². The summed E-state index contributed by atoms with van der Waals surface area (Å²) in [6, 6.07) is 2.16. The van der Waals surface area contributed by atoms with Gasteiger partial charge in [-0.3, -0.25) is 4.90 Å². The summed E-state index contributed by atoms with van der Waals surface area (Å²) in [7, 11) is 0. The van der Waals surface area contributed by atoms with Gasteiger partial charge in [0, 0.05) is 44.3 Å². The molecule has 0 spiro atoms. The fraction of sp³-hybridized carbons (Fsp3) is 1.00. The van der Waals surface area contributed by atoms with E-state index in [1.807, 2.05) is 0 Å². The van der Waals surface area contributed by atoms with E-state index < -0.39 is 0 Å². The lowest BCUT2D eigenvalue weighted by atomic mass is 10.0. The average Bonchev–Trinajstić information content (AvgIpc) is 1.95. The highest BCUT2D eigenvalue weighted by Crippen LogP contribution is 2.14. The van der Waals surface area contributed by atoms with Crippen LogP contribution in [0.3, 0.4) is 0 Å². The average molecular weight is 169 g/mol. The van der Waals surface area contributed by atoms with Crippen molar-refractivity contribution in [2.24, 2.45) is 0 Å². The molecule has 0 aromatic heterocycles. The van der Waals surface area contributed by atoms with Gasteiger partial charge in [0.2, 0.25) is 0 Å². The minimum Gasteiger partial charge on any atom is -0.314 e. The van der Waals surface area contributed by atoms with Gasteiger partial charge in [-0.1, -0.05) is 0 Å². The lowest BCUT2D eigenvalue weighted by molar-refractivity contribution is 0.0613. The third-order valence-corrected chi connectivity index (χ3v) is 3.31. The summed E-state index contributed by atoms with van der Waals surface area (Å²) >= 11 is 0. The Hall–Kier alpha value is -0.120. The number of piperazine rings is 1. The number of nitrogens with zero attached hydrogens (tertiary/aromatic N) is 1. The van der Waals surface area contributed by atoms with Gasteiger partial charge in [-0.05, 0) is 13.8 Å². The van der Waals surface area contributed by atoms with E-state index in [1.165, 1.54) is 19.6 Å². The molecule has 0 aromatic carbocycles. The van der Waals surface area contributed by atoms with Crippen LogP contribution in [0.25, 0.3) is 0 Å². The van der Waals surface area contributed by atoms with E-state index in [0.29, 0.717) is 12.1 Å². The molecule has 2 heterocycles. The van der Waals surface area contributed by atoms with Gasteiger partial charge in [-0.2, -0.15) is 0 Å². The zero-order valence-corrected chi connectivity index (χ0v) is 8.01. The van der Waals surface area contributed by atoms with Crippen LogP contribution in [0.5, 0.6) is 0 Å². The second-order valence-corrected chi connectivity index (χ2v) is 4.03. The number of hydrogen-bond acceptors (Lipinski definition) is 3. The molecule has 0 radical (unpaired) electrons. The van der Waals surface area contributed by atoms with Crippen molar-refractivity contribution < 1.29 is 0 Å². The van der Waals surface area contributed by atoms with Crippen molar-refractivity contribution in [3.05, 3.63) is 0 Å². The highest BCUT2D eigenvalue weighted by molar-refractivity contribution is 4.93. The second kappa shape index (κ2) is 3.32. The van der Waals surface area contributed by atoms with Gasteiger partial charge in [0.05, 0.1) is 0 Å². The highest BCUT2D eigenvalue weighted by atomic mass is 15.3. The first-order valence-electron chi connectivity index (χ1n) is 4.99. The van der Waals surface area contributed by atoms with E-state index in [4.69, 9.17) is 0 Å². The number of hydrogen-bond donors (Lipinski definition) is 2. The summed E-state index contributed by atoms with van der Waals surface area (Å²) in [6.07, 6.45) is 0. The Kier molecular flexibility index (Phi) is 2.35. The number of nitrogens with one attached hydrogen (secondary N) is 2. The SMILES string of the molecule is CC1NCCN(C2CNC2)C1C. The first-order chi connectivity index (χ1) is 5.79. The molecule has 0 saturated carbocycles. The van der Waals surface area contributed by atoms with Crippen LogP contribution in [0.4, 0.5) is 0 Å². The molecule has 2 aliphatic heterocycles. The van der Waals surface area contributed by atoms with Crippen LogP contribution in [0.1, 0.15) is 13.8 Å². The molecule has 0 aromatic rings. The maximum Gasteiger partial charge on any atom is 0.0349 e. The molecule has 2 fully saturated rings. The van der Waals surface area contributed by atoms with Crippen molar-refractivity contribution in [3.8, 4) is 0 Å². The molecule has 2 saturated heterocycles. The van der Waals surface area contributed by atoms with Gasteiger partial charge in [0.25, 0.3) is 0 Å². The van der Waals surface area contributed by atoms with Crippen LogP contribution in [0.15, 0.2) is 0 Å². The summed E-state index contributed by atoms with van der Waals surface area (Å²) < 4.78 is 0. The predicted octanol–water partition coefficient (Wildman–Crippen LogP) is -0.360. The zero-order valence-electron chi connectivity index (χ0n) is 8.01. The van der Waals surface area contributed by atoms with E-state index in [1.54, 1.807) is 0 Å². The molecule has 2 rings (SSSR count). The Morgan fingerprint density at radius 2 is 2.00 bits per heavy atom. The molecule has 2 aliphatic rings. The first kappa shape index (κ1) is 8.48. The summed E-state index contributed by atoms with van der Waals surface area (Å²) in [4.78, 5) is 2.64. The summed E-state index contributed by atoms with van der Waals surface area (Å²) in [6.45, 7) is 9.37. The first-order valence-corrected chi connectivity index (χ1v) is 4.99. The maximum atomic E-state index is 3.50. The molecule has 3 heteroatoms. The third-order valence-electron chi connectivity index (χ3n) is 3.31. The van der Waals surface area contributed by atoms with Gasteiger partial charge < -0.3 is 10.6 Å². The molecule has 0 bridgehead atoms. The molecule has 70 valence electrons. The Bertz CT molecular complexity index is 156. The lowest BCUT2D eigenvalue weighted by Crippen LogP contribution is -2.66. The molecule has 3 nitrogen and oxygen atoms in total. The van der Waals surface area contributed by atoms with Gasteiger partial charge in [0.15, 0.2) is 0 Å². The van der Waals surface area contributed by atoms with Gasteiger partial charge in [-0.25, -0.2) is 0 Å². The van der Waals surface area contributed by atoms with Crippen LogP contribution in [-0.4, -0.2) is 49.2 Å². The maximum absolute atomic E-state index is 3.50. The second-order valence-electron chi connectivity index (χ2n) is 4.03. The van der Waals surface area contributed by atoms with E-state index in [0.717, 1.165) is 12.6 Å².